The number of non-ortho nitro benzene ring substituents is 1. The van der Waals surface area contributed by atoms with Crippen molar-refractivity contribution in [3.05, 3.63) is 91.1 Å². The Labute approximate surface area is 227 Å². The molecule has 12 heteroatoms. The van der Waals surface area contributed by atoms with Crippen molar-refractivity contribution in [3.63, 3.8) is 0 Å². The lowest BCUT2D eigenvalue weighted by atomic mass is 9.77. The van der Waals surface area contributed by atoms with Crippen LogP contribution in [0.4, 0.5) is 5.69 Å². The van der Waals surface area contributed by atoms with Gasteiger partial charge in [0.15, 0.2) is 5.78 Å². The van der Waals surface area contributed by atoms with E-state index in [4.69, 9.17) is 26.8 Å². The maximum Gasteiger partial charge on any atom is 0.269 e. The van der Waals surface area contributed by atoms with Gasteiger partial charge in [0.2, 0.25) is 11.8 Å². The molecule has 1 saturated heterocycles. The summed E-state index contributed by atoms with van der Waals surface area (Å²) in [7, 11) is 2.81. The van der Waals surface area contributed by atoms with Gasteiger partial charge in [0.1, 0.15) is 18.4 Å². The molecule has 10 nitrogen and oxygen atoms in total. The molecule has 2 aromatic carbocycles. The number of nitro groups is 1. The summed E-state index contributed by atoms with van der Waals surface area (Å²) in [5.41, 5.74) is 6.52. The fraction of sp³-hybridized carbons (Fsp3) is 0.269. The first kappa shape index (κ1) is 27.2. The molecule has 4 atom stereocenters. The minimum Gasteiger partial charge on any atom is -0.497 e. The minimum absolute atomic E-state index is 0.229. The molecule has 1 aliphatic heterocycles. The molecule has 1 aromatic heterocycles. The van der Waals surface area contributed by atoms with E-state index in [9.17, 15) is 24.5 Å². The molecule has 0 aliphatic carbocycles. The summed E-state index contributed by atoms with van der Waals surface area (Å²) in [6.07, 6.45) is 0. The van der Waals surface area contributed by atoms with Gasteiger partial charge in [-0.25, -0.2) is 0 Å². The molecular weight excluding hydrogens is 534 g/mol. The largest absolute Gasteiger partial charge is 0.497 e. The predicted octanol–water partition coefficient (Wildman–Crippen LogP) is 3.98. The zero-order valence-electron chi connectivity index (χ0n) is 20.4. The zero-order chi connectivity index (χ0) is 27.6. The second kappa shape index (κ2) is 11.3. The molecule has 1 aliphatic rings. The molecule has 1 fully saturated rings. The predicted molar refractivity (Wildman–Crippen MR) is 140 cm³/mol. The second-order valence-electron chi connectivity index (χ2n) is 8.67. The van der Waals surface area contributed by atoms with E-state index in [1.807, 2.05) is 0 Å². The van der Waals surface area contributed by atoms with Crippen LogP contribution in [0.5, 0.6) is 5.75 Å². The molecule has 2 heterocycles. The summed E-state index contributed by atoms with van der Waals surface area (Å²) in [6, 6.07) is 13.3. The number of likely N-dealkylation sites (tertiary alicyclic amines) is 1. The van der Waals surface area contributed by atoms with Crippen LogP contribution < -0.4 is 10.5 Å². The van der Waals surface area contributed by atoms with Crippen molar-refractivity contribution < 1.29 is 28.8 Å². The third-order valence-corrected chi connectivity index (χ3v) is 7.78. The van der Waals surface area contributed by atoms with E-state index in [2.05, 4.69) is 0 Å². The molecule has 198 valence electrons. The molecule has 0 saturated carbocycles. The lowest BCUT2D eigenvalue weighted by molar-refractivity contribution is -0.385. The van der Waals surface area contributed by atoms with Crippen LogP contribution >= 0.6 is 22.9 Å². The number of carbonyl (C=O) groups excluding carboxylic acids is 3. The van der Waals surface area contributed by atoms with E-state index >= 15 is 0 Å². The average Bonchev–Trinajstić information content (AvgIpc) is 3.50. The number of hydrogen-bond acceptors (Lipinski definition) is 8. The third kappa shape index (κ3) is 5.13. The number of methoxy groups -OCH3 is 2. The molecular formula is C26H24ClN3O7S. The number of thiophene rings is 1. The number of nitrogens with two attached hydrogens (primary N) is 1. The average molecular weight is 558 g/mol. The number of Topliss-reactive ketones (excluding diaryl/α,β-unsaturated/α-hetero) is 1. The number of rotatable bonds is 9. The summed E-state index contributed by atoms with van der Waals surface area (Å²) < 4.78 is 10.8. The standard InChI is InChI=1S/C26H24ClN3O7S/c1-36-13-20(31)29-23(15-6-3-7-16(11-15)30(34)35)22(25(32)18-9-10-19(27)38-18)21(24(29)26(28)33)14-5-4-8-17(12-14)37-2/h3-12,21-24H,13H2,1-2H3,(H2,28,33). The zero-order valence-corrected chi connectivity index (χ0v) is 22.0. The van der Waals surface area contributed by atoms with E-state index in [-0.39, 0.29) is 11.5 Å². The molecule has 0 radical (unpaired) electrons. The quantitative estimate of drug-likeness (QED) is 0.238. The first-order chi connectivity index (χ1) is 18.2. The number of halogens is 1. The van der Waals surface area contributed by atoms with Gasteiger partial charge in [0, 0.05) is 25.2 Å². The molecule has 2 amide bonds. The van der Waals surface area contributed by atoms with Crippen molar-refractivity contribution >= 4 is 46.2 Å². The maximum atomic E-state index is 14.2. The van der Waals surface area contributed by atoms with Gasteiger partial charge in [-0.3, -0.25) is 24.5 Å². The number of benzene rings is 2. The summed E-state index contributed by atoms with van der Waals surface area (Å²) in [4.78, 5) is 53.2. The number of ketones is 1. The number of primary amides is 1. The molecule has 4 rings (SSSR count). The van der Waals surface area contributed by atoms with Crippen LogP contribution in [0.2, 0.25) is 4.34 Å². The topological polar surface area (TPSA) is 142 Å². The van der Waals surface area contributed by atoms with Crippen molar-refractivity contribution in [2.24, 2.45) is 11.7 Å². The van der Waals surface area contributed by atoms with Crippen molar-refractivity contribution in [2.45, 2.75) is 18.0 Å². The number of nitrogens with zero attached hydrogens (tertiary/aromatic N) is 2. The Bertz CT molecular complexity index is 1390. The van der Waals surface area contributed by atoms with Crippen LogP contribution in [0.25, 0.3) is 0 Å². The molecule has 3 aromatic rings. The van der Waals surface area contributed by atoms with E-state index in [1.54, 1.807) is 42.5 Å². The number of nitro benzene ring substituents is 1. The lowest BCUT2D eigenvalue weighted by Gasteiger charge is -2.30. The van der Waals surface area contributed by atoms with Gasteiger partial charge in [0.25, 0.3) is 5.69 Å². The highest BCUT2D eigenvalue weighted by Crippen LogP contribution is 2.52. The van der Waals surface area contributed by atoms with Crippen LogP contribution in [-0.2, 0) is 14.3 Å². The van der Waals surface area contributed by atoms with Crippen LogP contribution in [0.3, 0.4) is 0 Å². The Balaban J connectivity index is 2.02. The highest BCUT2D eigenvalue weighted by Gasteiger charge is 2.57. The Morgan fingerprint density at radius 1 is 1.08 bits per heavy atom. The van der Waals surface area contributed by atoms with E-state index in [1.165, 1.54) is 37.3 Å². The molecule has 0 spiro atoms. The van der Waals surface area contributed by atoms with Crippen LogP contribution in [0.15, 0.2) is 60.7 Å². The summed E-state index contributed by atoms with van der Waals surface area (Å²) in [6.45, 7) is -0.397. The molecule has 0 bridgehead atoms. The van der Waals surface area contributed by atoms with Crippen molar-refractivity contribution in [3.8, 4) is 5.75 Å². The lowest BCUT2D eigenvalue weighted by Crippen LogP contribution is -2.48. The fourth-order valence-corrected chi connectivity index (χ4v) is 6.11. The van der Waals surface area contributed by atoms with E-state index in [0.29, 0.717) is 26.1 Å². The normalized spacial score (nSPS) is 20.8. The highest BCUT2D eigenvalue weighted by atomic mass is 35.5. The highest BCUT2D eigenvalue weighted by molar-refractivity contribution is 7.18. The van der Waals surface area contributed by atoms with E-state index in [0.717, 1.165) is 11.3 Å². The molecule has 2 N–H and O–H groups in total. The first-order valence-electron chi connectivity index (χ1n) is 11.4. The van der Waals surface area contributed by atoms with Crippen molar-refractivity contribution in [1.82, 2.24) is 4.90 Å². The Hall–Kier alpha value is -3.80. The van der Waals surface area contributed by atoms with Crippen molar-refractivity contribution in [2.75, 3.05) is 20.8 Å². The smallest absolute Gasteiger partial charge is 0.269 e. The molecule has 38 heavy (non-hydrogen) atoms. The molecule has 4 unspecified atom stereocenters. The van der Waals surface area contributed by atoms with Crippen LogP contribution in [0, 0.1) is 16.0 Å². The number of ether oxygens (including phenoxy) is 2. The monoisotopic (exact) mass is 557 g/mol. The Morgan fingerprint density at radius 2 is 1.79 bits per heavy atom. The SMILES string of the molecule is COCC(=O)N1C(C(N)=O)C(c2cccc(OC)c2)C(C(=O)c2ccc(Cl)s2)C1c1cccc([N+](=O)[O-])c1. The number of amides is 2. The Morgan fingerprint density at radius 3 is 2.39 bits per heavy atom. The van der Waals surface area contributed by atoms with Crippen molar-refractivity contribution in [1.29, 1.82) is 0 Å². The summed E-state index contributed by atoms with van der Waals surface area (Å²) >= 11 is 7.19. The van der Waals surface area contributed by atoms with Gasteiger partial charge < -0.3 is 20.1 Å². The van der Waals surface area contributed by atoms with Gasteiger partial charge in [-0.2, -0.15) is 0 Å². The van der Waals surface area contributed by atoms with Gasteiger partial charge in [0.05, 0.1) is 33.2 Å². The maximum absolute atomic E-state index is 14.2. The van der Waals surface area contributed by atoms with Gasteiger partial charge in [-0.05, 0) is 35.4 Å². The summed E-state index contributed by atoms with van der Waals surface area (Å²) in [5.74, 6) is -3.29. The number of hydrogen-bond donors (Lipinski definition) is 1. The first-order valence-corrected chi connectivity index (χ1v) is 12.6. The van der Waals surface area contributed by atoms with Crippen LogP contribution in [-0.4, -0.2) is 54.3 Å². The minimum atomic E-state index is -1.27. The Kier molecular flexibility index (Phi) is 8.10. The van der Waals surface area contributed by atoms with Crippen LogP contribution in [0.1, 0.15) is 32.8 Å². The number of carbonyl (C=O) groups is 3. The van der Waals surface area contributed by atoms with Gasteiger partial charge >= 0.3 is 0 Å². The van der Waals surface area contributed by atoms with Gasteiger partial charge in [-0.15, -0.1) is 11.3 Å². The fourth-order valence-electron chi connectivity index (χ4n) is 5.08. The third-order valence-electron chi connectivity index (χ3n) is 6.53. The second-order valence-corrected chi connectivity index (χ2v) is 10.4. The van der Waals surface area contributed by atoms with Gasteiger partial charge in [-0.1, -0.05) is 35.9 Å². The van der Waals surface area contributed by atoms with E-state index < -0.39 is 47.3 Å². The summed E-state index contributed by atoms with van der Waals surface area (Å²) in [5, 5.41) is 11.6.